The fourth-order valence-electron chi connectivity index (χ4n) is 6.10. The fourth-order valence-corrected chi connectivity index (χ4v) is 9.04. The van der Waals surface area contributed by atoms with Gasteiger partial charge in [0.15, 0.2) is 0 Å². The van der Waals surface area contributed by atoms with Gasteiger partial charge in [-0.15, -0.1) is 53.6 Å². The van der Waals surface area contributed by atoms with Crippen molar-refractivity contribution >= 4 is 44.8 Å². The Bertz CT molecular complexity index is 2130. The zero-order valence-corrected chi connectivity index (χ0v) is 33.0. The topological polar surface area (TPSA) is 25.8 Å². The molecule has 2 nitrogen and oxygen atoms in total. The number of hydrogen-bond acceptors (Lipinski definition) is 3. The smallest absolute Gasteiger partial charge is 0.0798 e. The van der Waals surface area contributed by atoms with Crippen LogP contribution in [0, 0.1) is 25.0 Å². The zero-order valence-electron chi connectivity index (χ0n) is 28.8. The van der Waals surface area contributed by atoms with Gasteiger partial charge in [-0.2, -0.15) is 11.3 Å². The second-order valence-electron chi connectivity index (χ2n) is 13.7. The van der Waals surface area contributed by atoms with E-state index in [1.807, 2.05) is 35.7 Å². The predicted octanol–water partition coefficient (Wildman–Crippen LogP) is 11.7. The molecule has 0 aliphatic rings. The van der Waals surface area contributed by atoms with Crippen molar-refractivity contribution in [2.75, 3.05) is 0 Å². The normalized spacial score (nSPS) is 12.0. The van der Waals surface area contributed by atoms with Gasteiger partial charge in [-0.3, -0.25) is 0 Å². The fraction of sp³-hybridized carbons (Fsp3) is 0.209. The van der Waals surface area contributed by atoms with Gasteiger partial charge in [0.25, 0.3) is 0 Å². The minimum absolute atomic E-state index is 0. The molecule has 0 bridgehead atoms. The SMILES string of the molecule is CC(C)C(C)c1ccnc(-c2[c-]cc(-c3ccccc3)c3c2sc2ccccc23)c1.Cc1cc(-c2[c-]cccc2)ncc1[Si](C)(C)C.[Ir]. The van der Waals surface area contributed by atoms with E-state index < -0.39 is 8.07 Å². The summed E-state index contributed by atoms with van der Waals surface area (Å²) in [5.41, 5.74) is 9.35. The standard InChI is InChI=1S/C28H24NS.C15H18NSi.Ir/c1-18(2)19(3)21-15-16-29-25(17-21)23-14-13-22(20-9-5-4-6-10-20)27-24-11-7-8-12-26(24)30-28(23)27;1-12-10-14(13-8-6-5-7-9-13)16-11-15(12)17(2,3)4;/h4-13,15-19H,1-3H3;5-8,10-11H,1-4H3;/q2*-1;. The van der Waals surface area contributed by atoms with Crippen LogP contribution in [0.1, 0.15) is 37.8 Å². The molecular formula is C43H42IrN2SSi-2. The maximum atomic E-state index is 4.75. The summed E-state index contributed by atoms with van der Waals surface area (Å²) in [5.74, 6) is 1.09. The molecular weight excluding hydrogens is 797 g/mol. The molecule has 0 aliphatic carbocycles. The van der Waals surface area contributed by atoms with E-state index in [0.29, 0.717) is 11.8 Å². The molecule has 0 spiro atoms. The zero-order chi connectivity index (χ0) is 33.1. The Labute approximate surface area is 304 Å². The molecule has 0 N–H and O–H groups in total. The molecule has 1 radical (unpaired) electrons. The van der Waals surface area contributed by atoms with Crippen molar-refractivity contribution in [3.05, 3.63) is 139 Å². The average Bonchev–Trinajstić information content (AvgIpc) is 3.48. The summed E-state index contributed by atoms with van der Waals surface area (Å²) in [5, 5.41) is 4.05. The number of nitrogens with zero attached hydrogens (tertiary/aromatic N) is 2. The molecule has 48 heavy (non-hydrogen) atoms. The van der Waals surface area contributed by atoms with Crippen molar-refractivity contribution in [3.8, 4) is 33.6 Å². The summed E-state index contributed by atoms with van der Waals surface area (Å²) in [7, 11) is -1.27. The Morgan fingerprint density at radius 2 is 1.50 bits per heavy atom. The number of aryl methyl sites for hydroxylation is 1. The number of thiophene rings is 1. The van der Waals surface area contributed by atoms with Gasteiger partial charge in [0.1, 0.15) is 0 Å². The molecule has 0 aliphatic heterocycles. The third-order valence-electron chi connectivity index (χ3n) is 9.01. The predicted molar refractivity (Wildman–Crippen MR) is 206 cm³/mol. The van der Waals surface area contributed by atoms with E-state index in [2.05, 4.69) is 156 Å². The molecule has 0 fully saturated rings. The average molecular weight is 839 g/mol. The number of rotatable bonds is 6. The van der Waals surface area contributed by atoms with E-state index in [0.717, 1.165) is 22.5 Å². The molecule has 3 heterocycles. The van der Waals surface area contributed by atoms with Crippen molar-refractivity contribution in [3.63, 3.8) is 0 Å². The quantitative estimate of drug-likeness (QED) is 0.123. The first-order valence-corrected chi connectivity index (χ1v) is 20.8. The van der Waals surface area contributed by atoms with Crippen LogP contribution in [-0.4, -0.2) is 18.0 Å². The van der Waals surface area contributed by atoms with Crippen molar-refractivity contribution in [1.82, 2.24) is 9.97 Å². The summed E-state index contributed by atoms with van der Waals surface area (Å²) in [6, 6.07) is 42.8. The first-order chi connectivity index (χ1) is 22.6. The van der Waals surface area contributed by atoms with Gasteiger partial charge in [-0.25, -0.2) is 0 Å². The molecule has 3 aromatic heterocycles. The monoisotopic (exact) mass is 839 g/mol. The molecule has 7 aromatic rings. The summed E-state index contributed by atoms with van der Waals surface area (Å²) >= 11 is 1.84. The summed E-state index contributed by atoms with van der Waals surface area (Å²) in [6.45, 7) is 16.1. The number of aromatic nitrogens is 2. The van der Waals surface area contributed by atoms with E-state index in [4.69, 9.17) is 4.98 Å². The first kappa shape index (κ1) is 35.6. The van der Waals surface area contributed by atoms with Gasteiger partial charge < -0.3 is 9.97 Å². The van der Waals surface area contributed by atoms with Crippen molar-refractivity contribution in [2.24, 2.45) is 5.92 Å². The van der Waals surface area contributed by atoms with Crippen molar-refractivity contribution < 1.29 is 20.1 Å². The molecule has 0 amide bonds. The maximum Gasteiger partial charge on any atom is 0.0798 e. The van der Waals surface area contributed by atoms with Crippen LogP contribution < -0.4 is 5.19 Å². The van der Waals surface area contributed by atoms with Crippen LogP contribution in [0.5, 0.6) is 0 Å². The minimum atomic E-state index is -1.27. The van der Waals surface area contributed by atoms with E-state index in [1.165, 1.54) is 47.6 Å². The van der Waals surface area contributed by atoms with Gasteiger partial charge in [0.05, 0.1) is 8.07 Å². The molecule has 0 saturated heterocycles. The van der Waals surface area contributed by atoms with Crippen LogP contribution in [0.4, 0.5) is 0 Å². The van der Waals surface area contributed by atoms with Crippen LogP contribution >= 0.6 is 11.3 Å². The second kappa shape index (κ2) is 15.2. The van der Waals surface area contributed by atoms with Crippen LogP contribution in [0.25, 0.3) is 53.8 Å². The first-order valence-electron chi connectivity index (χ1n) is 16.4. The molecule has 7 rings (SSSR count). The number of benzene rings is 4. The summed E-state index contributed by atoms with van der Waals surface area (Å²) < 4.78 is 2.57. The van der Waals surface area contributed by atoms with Crippen LogP contribution in [0.2, 0.25) is 19.6 Å². The molecule has 1 unspecified atom stereocenters. The Morgan fingerprint density at radius 1 is 0.771 bits per heavy atom. The Kier molecular flexibility index (Phi) is 11.3. The second-order valence-corrected chi connectivity index (χ2v) is 19.8. The van der Waals surface area contributed by atoms with Gasteiger partial charge in [0.2, 0.25) is 0 Å². The van der Waals surface area contributed by atoms with Gasteiger partial charge in [-0.1, -0.05) is 129 Å². The largest absolute Gasteiger partial charge is 0.305 e. The Hall–Kier alpha value is -3.73. The number of hydrogen-bond donors (Lipinski definition) is 0. The van der Waals surface area contributed by atoms with E-state index >= 15 is 0 Å². The third-order valence-corrected chi connectivity index (χ3v) is 12.3. The van der Waals surface area contributed by atoms with Gasteiger partial charge in [0, 0.05) is 37.2 Å². The molecule has 5 heteroatoms. The van der Waals surface area contributed by atoms with E-state index in [1.54, 1.807) is 0 Å². The Balaban J connectivity index is 0.000000214. The van der Waals surface area contributed by atoms with Crippen molar-refractivity contribution in [1.29, 1.82) is 0 Å². The van der Waals surface area contributed by atoms with Gasteiger partial charge in [-0.05, 0) is 57.6 Å². The van der Waals surface area contributed by atoms with Crippen LogP contribution in [0.3, 0.4) is 0 Å². The molecule has 245 valence electrons. The summed E-state index contributed by atoms with van der Waals surface area (Å²) in [6.07, 6.45) is 4.00. The van der Waals surface area contributed by atoms with Crippen LogP contribution in [0.15, 0.2) is 116 Å². The summed E-state index contributed by atoms with van der Waals surface area (Å²) in [4.78, 5) is 9.33. The maximum absolute atomic E-state index is 4.75. The van der Waals surface area contributed by atoms with Gasteiger partial charge >= 0.3 is 0 Å². The third kappa shape index (κ3) is 7.61. The minimum Gasteiger partial charge on any atom is -0.305 e. The molecule has 0 saturated carbocycles. The Morgan fingerprint density at radius 3 is 2.19 bits per heavy atom. The van der Waals surface area contributed by atoms with Crippen LogP contribution in [-0.2, 0) is 20.1 Å². The van der Waals surface area contributed by atoms with E-state index in [-0.39, 0.29) is 20.1 Å². The number of fused-ring (bicyclic) bond motifs is 3. The van der Waals surface area contributed by atoms with E-state index in [9.17, 15) is 0 Å². The molecule has 1 atom stereocenters. The van der Waals surface area contributed by atoms with Crippen molar-refractivity contribution in [2.45, 2.75) is 53.3 Å². The molecule has 4 aromatic carbocycles. The number of pyridine rings is 2.